The minimum Gasteiger partial charge on any atom is -0.350 e. The standard InChI is InChI=1S/C20H23N5O/c1-13-10-24-11-15(8-9-18(24)21-13)22-19(26)12-25-17-5-3-2-4-16(17)23-20(25)14-6-7-14/h2-5,10,14-15H,6-9,11-12H2,1H3,(H,22,26)/t15-/m0/s1. The summed E-state index contributed by atoms with van der Waals surface area (Å²) in [5.41, 5.74) is 3.09. The van der Waals surface area contributed by atoms with Crippen molar-refractivity contribution in [2.24, 2.45) is 0 Å². The van der Waals surface area contributed by atoms with Crippen LogP contribution in [0.25, 0.3) is 11.0 Å². The first-order valence-electron chi connectivity index (χ1n) is 9.44. The lowest BCUT2D eigenvalue weighted by molar-refractivity contribution is -0.122. The molecule has 1 atom stereocenters. The number of rotatable bonds is 4. The largest absolute Gasteiger partial charge is 0.350 e. The van der Waals surface area contributed by atoms with E-state index in [4.69, 9.17) is 4.98 Å². The molecule has 1 amide bonds. The van der Waals surface area contributed by atoms with Crippen LogP contribution in [0.3, 0.4) is 0 Å². The van der Waals surface area contributed by atoms with Gasteiger partial charge in [-0.05, 0) is 38.3 Å². The second-order valence-electron chi connectivity index (χ2n) is 7.57. The highest BCUT2D eigenvalue weighted by molar-refractivity contribution is 5.81. The van der Waals surface area contributed by atoms with E-state index in [0.717, 1.165) is 47.8 Å². The number of hydrogen-bond donors (Lipinski definition) is 1. The van der Waals surface area contributed by atoms with Gasteiger partial charge in [0, 0.05) is 31.1 Å². The minimum absolute atomic E-state index is 0.0698. The number of nitrogens with one attached hydrogen (secondary N) is 1. The number of imidazole rings is 2. The van der Waals surface area contributed by atoms with Gasteiger partial charge in [0.2, 0.25) is 5.91 Å². The normalized spacial score (nSPS) is 19.5. The molecule has 3 heterocycles. The van der Waals surface area contributed by atoms with Crippen LogP contribution in [0.1, 0.15) is 42.5 Å². The second-order valence-corrected chi connectivity index (χ2v) is 7.57. The van der Waals surface area contributed by atoms with Crippen molar-refractivity contribution in [1.29, 1.82) is 0 Å². The highest BCUT2D eigenvalue weighted by Gasteiger charge is 2.30. The molecule has 1 fully saturated rings. The fraction of sp³-hybridized carbons (Fsp3) is 0.450. The van der Waals surface area contributed by atoms with Gasteiger partial charge in [-0.2, -0.15) is 0 Å². The van der Waals surface area contributed by atoms with E-state index < -0.39 is 0 Å². The van der Waals surface area contributed by atoms with Crippen LogP contribution in [-0.4, -0.2) is 31.1 Å². The van der Waals surface area contributed by atoms with Gasteiger partial charge in [0.1, 0.15) is 18.2 Å². The molecule has 0 bridgehead atoms. The summed E-state index contributed by atoms with van der Waals surface area (Å²) in [5, 5.41) is 3.22. The van der Waals surface area contributed by atoms with Crippen LogP contribution in [0, 0.1) is 6.92 Å². The van der Waals surface area contributed by atoms with E-state index >= 15 is 0 Å². The first kappa shape index (κ1) is 15.6. The van der Waals surface area contributed by atoms with E-state index in [1.807, 2.05) is 25.1 Å². The molecule has 2 aliphatic rings. The molecule has 0 unspecified atom stereocenters. The van der Waals surface area contributed by atoms with Gasteiger partial charge in [-0.15, -0.1) is 0 Å². The fourth-order valence-corrected chi connectivity index (χ4v) is 4.03. The van der Waals surface area contributed by atoms with Crippen LogP contribution in [0.5, 0.6) is 0 Å². The summed E-state index contributed by atoms with van der Waals surface area (Å²) in [7, 11) is 0. The molecule has 6 nitrogen and oxygen atoms in total. The van der Waals surface area contributed by atoms with Crippen LogP contribution in [-0.2, 0) is 24.3 Å². The van der Waals surface area contributed by atoms with Crippen LogP contribution >= 0.6 is 0 Å². The molecule has 0 spiro atoms. The molecule has 5 rings (SSSR count). The van der Waals surface area contributed by atoms with Crippen LogP contribution in [0.2, 0.25) is 0 Å². The Balaban J connectivity index is 1.33. The molecular formula is C20H23N5O. The minimum atomic E-state index is 0.0698. The molecule has 26 heavy (non-hydrogen) atoms. The first-order valence-corrected chi connectivity index (χ1v) is 9.44. The zero-order chi connectivity index (χ0) is 17.7. The van der Waals surface area contributed by atoms with Crippen molar-refractivity contribution >= 4 is 16.9 Å². The third kappa shape index (κ3) is 2.79. The van der Waals surface area contributed by atoms with Crippen LogP contribution in [0.15, 0.2) is 30.5 Å². The molecule has 0 saturated heterocycles. The van der Waals surface area contributed by atoms with Crippen LogP contribution in [0.4, 0.5) is 0 Å². The van der Waals surface area contributed by atoms with Gasteiger partial charge in [-0.25, -0.2) is 9.97 Å². The van der Waals surface area contributed by atoms with Crippen LogP contribution < -0.4 is 5.32 Å². The van der Waals surface area contributed by atoms with E-state index in [1.54, 1.807) is 0 Å². The number of nitrogens with zero attached hydrogens (tertiary/aromatic N) is 4. The number of carbonyl (C=O) groups excluding carboxylic acids is 1. The molecule has 1 aromatic carbocycles. The highest BCUT2D eigenvalue weighted by Crippen LogP contribution is 2.40. The lowest BCUT2D eigenvalue weighted by atomic mass is 10.1. The predicted molar refractivity (Wildman–Crippen MR) is 98.9 cm³/mol. The number of para-hydroxylation sites is 2. The molecule has 1 aliphatic heterocycles. The molecule has 1 aliphatic carbocycles. The molecule has 1 saturated carbocycles. The van der Waals surface area contributed by atoms with Crippen molar-refractivity contribution in [3.8, 4) is 0 Å². The zero-order valence-electron chi connectivity index (χ0n) is 15.0. The molecule has 134 valence electrons. The molecule has 0 radical (unpaired) electrons. The summed E-state index contributed by atoms with van der Waals surface area (Å²) in [6.07, 6.45) is 6.29. The van der Waals surface area contributed by atoms with Crippen molar-refractivity contribution in [3.05, 3.63) is 47.8 Å². The summed E-state index contributed by atoms with van der Waals surface area (Å²) in [6, 6.07) is 8.27. The second kappa shape index (κ2) is 5.97. The van der Waals surface area contributed by atoms with E-state index in [0.29, 0.717) is 12.5 Å². The van der Waals surface area contributed by atoms with Gasteiger partial charge in [0.25, 0.3) is 0 Å². The monoisotopic (exact) mass is 349 g/mol. The molecule has 3 aromatic rings. The summed E-state index contributed by atoms with van der Waals surface area (Å²) in [4.78, 5) is 22.1. The van der Waals surface area contributed by atoms with Gasteiger partial charge in [0.15, 0.2) is 0 Å². The Labute approximate surface area is 152 Å². The maximum Gasteiger partial charge on any atom is 0.240 e. The maximum atomic E-state index is 12.8. The van der Waals surface area contributed by atoms with Gasteiger partial charge in [-0.3, -0.25) is 4.79 Å². The van der Waals surface area contributed by atoms with Crippen molar-refractivity contribution in [1.82, 2.24) is 24.4 Å². The number of aromatic nitrogens is 4. The number of benzene rings is 1. The smallest absolute Gasteiger partial charge is 0.240 e. The number of carbonyl (C=O) groups is 1. The van der Waals surface area contributed by atoms with Gasteiger partial charge in [0.05, 0.1) is 16.7 Å². The summed E-state index contributed by atoms with van der Waals surface area (Å²) < 4.78 is 4.28. The quantitative estimate of drug-likeness (QED) is 0.787. The SMILES string of the molecule is Cc1cn2c(n1)CC[C@H](NC(=O)Cn1c(C3CC3)nc3ccccc31)C2. The number of hydrogen-bond acceptors (Lipinski definition) is 3. The average molecular weight is 349 g/mol. The molecule has 1 N–H and O–H groups in total. The highest BCUT2D eigenvalue weighted by atomic mass is 16.2. The Morgan fingerprint density at radius 2 is 2.08 bits per heavy atom. The van der Waals surface area contributed by atoms with Crippen molar-refractivity contribution in [3.63, 3.8) is 0 Å². The summed E-state index contributed by atoms with van der Waals surface area (Å²) in [6.45, 7) is 3.17. The van der Waals surface area contributed by atoms with E-state index in [2.05, 4.69) is 31.7 Å². The Morgan fingerprint density at radius 1 is 1.23 bits per heavy atom. The molecule has 2 aromatic heterocycles. The molecular weight excluding hydrogens is 326 g/mol. The van der Waals surface area contributed by atoms with Crippen molar-refractivity contribution in [2.45, 2.75) is 57.7 Å². The van der Waals surface area contributed by atoms with E-state index in [1.165, 1.54) is 12.8 Å². The van der Waals surface area contributed by atoms with E-state index in [9.17, 15) is 4.79 Å². The lowest BCUT2D eigenvalue weighted by Gasteiger charge is -2.25. The van der Waals surface area contributed by atoms with Gasteiger partial charge < -0.3 is 14.5 Å². The van der Waals surface area contributed by atoms with Gasteiger partial charge >= 0.3 is 0 Å². The Morgan fingerprint density at radius 3 is 2.92 bits per heavy atom. The lowest BCUT2D eigenvalue weighted by Crippen LogP contribution is -2.42. The third-order valence-corrected chi connectivity index (χ3v) is 5.41. The summed E-state index contributed by atoms with van der Waals surface area (Å²) >= 11 is 0. The Hall–Kier alpha value is -2.63. The Kier molecular flexibility index (Phi) is 3.58. The number of aryl methyl sites for hydroxylation is 2. The van der Waals surface area contributed by atoms with E-state index in [-0.39, 0.29) is 11.9 Å². The fourth-order valence-electron chi connectivity index (χ4n) is 4.03. The average Bonchev–Trinajstić information content (AvgIpc) is 3.31. The number of fused-ring (bicyclic) bond motifs is 2. The number of amides is 1. The summed E-state index contributed by atoms with van der Waals surface area (Å²) in [5.74, 6) is 2.78. The zero-order valence-corrected chi connectivity index (χ0v) is 15.0. The van der Waals surface area contributed by atoms with Gasteiger partial charge in [-0.1, -0.05) is 12.1 Å². The van der Waals surface area contributed by atoms with Crippen molar-refractivity contribution < 1.29 is 4.79 Å². The third-order valence-electron chi connectivity index (χ3n) is 5.41. The first-order chi connectivity index (χ1) is 12.7. The predicted octanol–water partition coefficient (Wildman–Crippen LogP) is 2.55. The maximum absolute atomic E-state index is 12.8. The van der Waals surface area contributed by atoms with Crippen molar-refractivity contribution in [2.75, 3.05) is 0 Å². The Bertz CT molecular complexity index is 981. The molecule has 6 heteroatoms. The topological polar surface area (TPSA) is 64.7 Å².